The summed E-state index contributed by atoms with van der Waals surface area (Å²) < 4.78 is 3.65. The van der Waals surface area contributed by atoms with Crippen LogP contribution in [0, 0.1) is 6.92 Å². The van der Waals surface area contributed by atoms with Gasteiger partial charge in [0, 0.05) is 18.7 Å². The van der Waals surface area contributed by atoms with Gasteiger partial charge >= 0.3 is 0 Å². The van der Waals surface area contributed by atoms with Gasteiger partial charge in [-0.25, -0.2) is 4.98 Å². The molecule has 0 spiro atoms. The second kappa shape index (κ2) is 8.03. The zero-order valence-corrected chi connectivity index (χ0v) is 18.2. The standard InChI is InChI=1S/C23H22N6OS/c1-3-28-21(30)17-11-7-8-12-19(17)29-20(26-27-23(28)29)14-31-22-24-15(2)18(25-22)13-16-9-5-4-6-10-16/h4-12H,3,13-14H2,1-2H3,(H,24,25). The summed E-state index contributed by atoms with van der Waals surface area (Å²) in [4.78, 5) is 21.0. The first-order chi connectivity index (χ1) is 15.2. The Labute approximate surface area is 183 Å². The summed E-state index contributed by atoms with van der Waals surface area (Å²) in [6, 6.07) is 17.9. The number of aromatic nitrogens is 6. The van der Waals surface area contributed by atoms with Crippen LogP contribution in [-0.2, 0) is 18.7 Å². The molecular weight excluding hydrogens is 408 g/mol. The molecule has 31 heavy (non-hydrogen) atoms. The molecule has 3 aromatic heterocycles. The van der Waals surface area contributed by atoms with Crippen LogP contribution in [0.2, 0.25) is 0 Å². The van der Waals surface area contributed by atoms with Crippen molar-refractivity contribution in [2.75, 3.05) is 0 Å². The van der Waals surface area contributed by atoms with Crippen LogP contribution in [0.4, 0.5) is 0 Å². The zero-order valence-electron chi connectivity index (χ0n) is 17.4. The van der Waals surface area contributed by atoms with E-state index in [4.69, 9.17) is 4.98 Å². The molecule has 0 aliphatic heterocycles. The van der Waals surface area contributed by atoms with E-state index in [1.807, 2.05) is 53.8 Å². The van der Waals surface area contributed by atoms with E-state index in [1.165, 1.54) is 5.56 Å². The molecule has 0 atom stereocenters. The van der Waals surface area contributed by atoms with Gasteiger partial charge in [-0.05, 0) is 31.5 Å². The predicted octanol–water partition coefficient (Wildman–Crippen LogP) is 3.98. The highest BCUT2D eigenvalue weighted by molar-refractivity contribution is 7.98. The van der Waals surface area contributed by atoms with Crippen LogP contribution in [0.15, 0.2) is 64.5 Å². The molecule has 5 aromatic rings. The Kier molecular flexibility index (Phi) is 5.07. The number of benzene rings is 2. The maximum atomic E-state index is 12.8. The summed E-state index contributed by atoms with van der Waals surface area (Å²) in [6.07, 6.45) is 0.797. The fraction of sp³-hybridized carbons (Fsp3) is 0.217. The molecule has 0 saturated carbocycles. The lowest BCUT2D eigenvalue weighted by molar-refractivity contribution is 0.735. The second-order valence-corrected chi connectivity index (χ2v) is 8.35. The Bertz CT molecular complexity index is 1430. The number of hydrogen-bond donors (Lipinski definition) is 1. The number of H-pyrrole nitrogens is 1. The molecule has 0 radical (unpaired) electrons. The molecule has 0 bridgehead atoms. The predicted molar refractivity (Wildman–Crippen MR) is 123 cm³/mol. The monoisotopic (exact) mass is 430 g/mol. The van der Waals surface area contributed by atoms with E-state index in [2.05, 4.69) is 34.2 Å². The molecule has 1 N–H and O–H groups in total. The summed E-state index contributed by atoms with van der Waals surface area (Å²) in [5.41, 5.74) is 4.14. The third kappa shape index (κ3) is 3.53. The van der Waals surface area contributed by atoms with Crippen molar-refractivity contribution in [2.24, 2.45) is 0 Å². The van der Waals surface area contributed by atoms with Gasteiger partial charge in [-0.3, -0.25) is 13.8 Å². The van der Waals surface area contributed by atoms with Crippen LogP contribution >= 0.6 is 11.8 Å². The van der Waals surface area contributed by atoms with Crippen LogP contribution in [0.3, 0.4) is 0 Å². The highest BCUT2D eigenvalue weighted by Crippen LogP contribution is 2.24. The van der Waals surface area contributed by atoms with Crippen molar-refractivity contribution < 1.29 is 0 Å². The molecule has 0 fully saturated rings. The largest absolute Gasteiger partial charge is 0.337 e. The summed E-state index contributed by atoms with van der Waals surface area (Å²) in [7, 11) is 0. The van der Waals surface area contributed by atoms with Gasteiger partial charge in [0.05, 0.1) is 22.3 Å². The molecule has 0 saturated heterocycles. The van der Waals surface area contributed by atoms with E-state index in [0.717, 1.165) is 34.3 Å². The lowest BCUT2D eigenvalue weighted by atomic mass is 10.1. The molecular formula is C23H22N6OS. The van der Waals surface area contributed by atoms with Crippen molar-refractivity contribution >= 4 is 28.4 Å². The Morgan fingerprint density at radius 1 is 1.03 bits per heavy atom. The maximum absolute atomic E-state index is 12.8. The number of fused-ring (bicyclic) bond motifs is 3. The summed E-state index contributed by atoms with van der Waals surface area (Å²) >= 11 is 1.59. The normalized spacial score (nSPS) is 11.5. The first-order valence-corrected chi connectivity index (χ1v) is 11.2. The number of imidazole rings is 1. The topological polar surface area (TPSA) is 80.9 Å². The Balaban J connectivity index is 1.46. The van der Waals surface area contributed by atoms with E-state index in [-0.39, 0.29) is 5.56 Å². The van der Waals surface area contributed by atoms with Crippen LogP contribution in [0.5, 0.6) is 0 Å². The zero-order chi connectivity index (χ0) is 21.4. The van der Waals surface area contributed by atoms with Gasteiger partial charge in [-0.1, -0.05) is 54.2 Å². The first kappa shape index (κ1) is 19.6. The van der Waals surface area contributed by atoms with Gasteiger partial charge in [0.2, 0.25) is 5.78 Å². The first-order valence-electron chi connectivity index (χ1n) is 10.2. The Hall–Kier alpha value is -3.39. The second-order valence-electron chi connectivity index (χ2n) is 7.38. The lowest BCUT2D eigenvalue weighted by Gasteiger charge is -2.09. The fourth-order valence-corrected chi connectivity index (χ4v) is 4.68. The molecule has 7 nitrogen and oxygen atoms in total. The van der Waals surface area contributed by atoms with Crippen LogP contribution < -0.4 is 5.56 Å². The van der Waals surface area contributed by atoms with Crippen molar-refractivity contribution in [3.63, 3.8) is 0 Å². The lowest BCUT2D eigenvalue weighted by Crippen LogP contribution is -2.22. The summed E-state index contributed by atoms with van der Waals surface area (Å²) in [5.74, 6) is 1.95. The molecule has 0 unspecified atom stereocenters. The number of nitrogens with one attached hydrogen (secondary N) is 1. The van der Waals surface area contributed by atoms with E-state index in [9.17, 15) is 4.79 Å². The fourth-order valence-electron chi connectivity index (χ4n) is 3.82. The van der Waals surface area contributed by atoms with Crippen molar-refractivity contribution in [3.05, 3.63) is 87.7 Å². The number of aromatic amines is 1. The minimum Gasteiger partial charge on any atom is -0.337 e. The van der Waals surface area contributed by atoms with E-state index >= 15 is 0 Å². The molecule has 3 heterocycles. The van der Waals surface area contributed by atoms with Gasteiger partial charge in [0.15, 0.2) is 5.16 Å². The summed E-state index contributed by atoms with van der Waals surface area (Å²) in [6.45, 7) is 4.53. The van der Waals surface area contributed by atoms with Crippen molar-refractivity contribution in [3.8, 4) is 0 Å². The van der Waals surface area contributed by atoms with Crippen LogP contribution in [0.1, 0.15) is 29.7 Å². The number of aryl methyl sites for hydroxylation is 2. The van der Waals surface area contributed by atoms with Gasteiger partial charge in [0.1, 0.15) is 5.82 Å². The Morgan fingerprint density at radius 3 is 2.61 bits per heavy atom. The molecule has 0 aliphatic carbocycles. The molecule has 0 amide bonds. The van der Waals surface area contributed by atoms with E-state index in [0.29, 0.717) is 23.5 Å². The average molecular weight is 431 g/mol. The van der Waals surface area contributed by atoms with Crippen molar-refractivity contribution in [1.82, 2.24) is 29.1 Å². The summed E-state index contributed by atoms with van der Waals surface area (Å²) in [5, 5.41) is 10.2. The van der Waals surface area contributed by atoms with Crippen LogP contribution in [0.25, 0.3) is 16.7 Å². The van der Waals surface area contributed by atoms with E-state index in [1.54, 1.807) is 16.3 Å². The van der Waals surface area contributed by atoms with Gasteiger partial charge in [-0.15, -0.1) is 10.2 Å². The molecule has 0 aliphatic rings. The van der Waals surface area contributed by atoms with Gasteiger partial charge in [0.25, 0.3) is 5.56 Å². The molecule has 5 rings (SSSR count). The van der Waals surface area contributed by atoms with Crippen molar-refractivity contribution in [2.45, 2.75) is 37.7 Å². The minimum atomic E-state index is -0.0376. The average Bonchev–Trinajstić information content (AvgIpc) is 3.37. The van der Waals surface area contributed by atoms with Gasteiger partial charge < -0.3 is 4.98 Å². The number of hydrogen-bond acceptors (Lipinski definition) is 5. The highest BCUT2D eigenvalue weighted by Gasteiger charge is 2.16. The number of nitrogens with zero attached hydrogens (tertiary/aromatic N) is 5. The maximum Gasteiger partial charge on any atom is 0.262 e. The van der Waals surface area contributed by atoms with Gasteiger partial charge in [-0.2, -0.15) is 0 Å². The third-order valence-electron chi connectivity index (χ3n) is 5.41. The Morgan fingerprint density at radius 2 is 1.81 bits per heavy atom. The van der Waals surface area contributed by atoms with Crippen molar-refractivity contribution in [1.29, 1.82) is 0 Å². The molecule has 156 valence electrons. The molecule has 2 aromatic carbocycles. The minimum absolute atomic E-state index is 0.0376. The van der Waals surface area contributed by atoms with Crippen LogP contribution in [-0.4, -0.2) is 29.1 Å². The third-order valence-corrected chi connectivity index (χ3v) is 6.28. The highest BCUT2D eigenvalue weighted by atomic mass is 32.2. The quantitative estimate of drug-likeness (QED) is 0.412. The molecule has 8 heteroatoms. The van der Waals surface area contributed by atoms with E-state index < -0.39 is 0 Å². The number of thioether (sulfide) groups is 1. The number of rotatable bonds is 6. The SMILES string of the molecule is CCn1c(=O)c2ccccc2n2c(CSc3nc(Cc4ccccc4)c(C)[nH]3)nnc12. The smallest absolute Gasteiger partial charge is 0.262 e. The number of para-hydroxylation sites is 1.